The molecule has 1 aliphatic heterocycles. The lowest BCUT2D eigenvalue weighted by atomic mass is 9.95. The molecule has 1 amide bonds. The molecule has 1 unspecified atom stereocenters. The van der Waals surface area contributed by atoms with Crippen LogP contribution in [0.3, 0.4) is 0 Å². The van der Waals surface area contributed by atoms with Crippen LogP contribution in [-0.2, 0) is 9.59 Å². The standard InChI is InChI=1S/C22H21Cl2NO5/c1-4-10-25-17(12-8-6-5-7-9-12)15(19(27)22(25)28)18(26)13-11-14(23)21(30-3)16(24)20(13)29-2/h5-9,11,17,26H,4,10H2,1-3H3/b18-15+. The smallest absolute Gasteiger partial charge is 0.295 e. The molecule has 158 valence electrons. The van der Waals surface area contributed by atoms with Crippen LogP contribution in [0.1, 0.15) is 30.5 Å². The molecule has 0 saturated carbocycles. The Balaban J connectivity index is 2.29. The maximum atomic E-state index is 12.9. The summed E-state index contributed by atoms with van der Waals surface area (Å²) in [6, 6.07) is 9.72. The van der Waals surface area contributed by atoms with Crippen molar-refractivity contribution in [2.75, 3.05) is 20.8 Å². The number of halogens is 2. The van der Waals surface area contributed by atoms with Crippen molar-refractivity contribution in [1.82, 2.24) is 4.90 Å². The maximum absolute atomic E-state index is 12.9. The van der Waals surface area contributed by atoms with Gasteiger partial charge in [-0.15, -0.1) is 0 Å². The van der Waals surface area contributed by atoms with E-state index in [2.05, 4.69) is 0 Å². The van der Waals surface area contributed by atoms with Crippen LogP contribution in [-0.4, -0.2) is 42.5 Å². The first-order chi connectivity index (χ1) is 14.4. The molecular weight excluding hydrogens is 429 g/mol. The van der Waals surface area contributed by atoms with Crippen molar-refractivity contribution in [1.29, 1.82) is 0 Å². The highest BCUT2D eigenvalue weighted by atomic mass is 35.5. The molecule has 0 aliphatic carbocycles. The van der Waals surface area contributed by atoms with Crippen molar-refractivity contribution in [2.24, 2.45) is 0 Å². The highest BCUT2D eigenvalue weighted by Crippen LogP contribution is 2.47. The fourth-order valence-corrected chi connectivity index (χ4v) is 4.31. The first kappa shape index (κ1) is 22.0. The second-order valence-corrected chi connectivity index (χ2v) is 7.47. The van der Waals surface area contributed by atoms with E-state index in [-0.39, 0.29) is 32.7 Å². The summed E-state index contributed by atoms with van der Waals surface area (Å²) >= 11 is 12.6. The van der Waals surface area contributed by atoms with Crippen LogP contribution in [0.2, 0.25) is 10.0 Å². The number of nitrogens with zero attached hydrogens (tertiary/aromatic N) is 1. The molecule has 0 aromatic heterocycles. The van der Waals surface area contributed by atoms with Crippen molar-refractivity contribution in [3.63, 3.8) is 0 Å². The normalized spacial score (nSPS) is 18.0. The largest absolute Gasteiger partial charge is 0.507 e. The Morgan fingerprint density at radius 1 is 1.10 bits per heavy atom. The van der Waals surface area contributed by atoms with Gasteiger partial charge in [-0.3, -0.25) is 9.59 Å². The minimum absolute atomic E-state index is 0.0461. The predicted octanol–water partition coefficient (Wildman–Crippen LogP) is 4.84. The molecule has 0 radical (unpaired) electrons. The summed E-state index contributed by atoms with van der Waals surface area (Å²) in [7, 11) is 2.77. The van der Waals surface area contributed by atoms with Gasteiger partial charge in [0.15, 0.2) is 11.5 Å². The third kappa shape index (κ3) is 3.61. The molecular formula is C22H21Cl2NO5. The van der Waals surface area contributed by atoms with Crippen LogP contribution in [0.25, 0.3) is 5.76 Å². The number of carbonyl (C=O) groups is 2. The lowest BCUT2D eigenvalue weighted by Crippen LogP contribution is -2.30. The number of amides is 1. The van der Waals surface area contributed by atoms with E-state index in [9.17, 15) is 14.7 Å². The quantitative estimate of drug-likeness (QED) is 0.387. The van der Waals surface area contributed by atoms with Crippen LogP contribution in [0.15, 0.2) is 42.0 Å². The second-order valence-electron chi connectivity index (χ2n) is 6.69. The highest BCUT2D eigenvalue weighted by Gasteiger charge is 2.46. The molecule has 0 spiro atoms. The molecule has 2 aromatic carbocycles. The number of benzene rings is 2. The second kappa shape index (κ2) is 8.98. The first-order valence-electron chi connectivity index (χ1n) is 9.31. The Bertz CT molecular complexity index is 1020. The molecule has 0 bridgehead atoms. The van der Waals surface area contributed by atoms with E-state index >= 15 is 0 Å². The number of carbonyl (C=O) groups excluding carboxylic acids is 2. The molecule has 1 fully saturated rings. The van der Waals surface area contributed by atoms with E-state index in [0.29, 0.717) is 18.5 Å². The summed E-state index contributed by atoms with van der Waals surface area (Å²) in [5.41, 5.74) is 0.760. The number of rotatable bonds is 6. The summed E-state index contributed by atoms with van der Waals surface area (Å²) in [6.07, 6.45) is 0.653. The summed E-state index contributed by atoms with van der Waals surface area (Å²) in [5, 5.41) is 11.4. The number of Topliss-reactive ketones (excluding diaryl/α,β-unsaturated/α-hetero) is 1. The van der Waals surface area contributed by atoms with Crippen LogP contribution in [0.5, 0.6) is 11.5 Å². The third-order valence-electron chi connectivity index (χ3n) is 4.91. The van der Waals surface area contributed by atoms with Gasteiger partial charge in [-0.2, -0.15) is 0 Å². The molecule has 1 saturated heterocycles. The molecule has 1 heterocycles. The number of ketones is 1. The van der Waals surface area contributed by atoms with Crippen molar-refractivity contribution in [2.45, 2.75) is 19.4 Å². The Morgan fingerprint density at radius 2 is 1.73 bits per heavy atom. The zero-order chi connectivity index (χ0) is 22.0. The third-order valence-corrected chi connectivity index (χ3v) is 5.54. The fraction of sp³-hybridized carbons (Fsp3) is 0.273. The zero-order valence-corrected chi connectivity index (χ0v) is 18.3. The van der Waals surface area contributed by atoms with Crippen LogP contribution < -0.4 is 9.47 Å². The number of hydrogen-bond acceptors (Lipinski definition) is 5. The number of aliphatic hydroxyl groups is 1. The van der Waals surface area contributed by atoms with Crippen LogP contribution in [0, 0.1) is 0 Å². The summed E-state index contributed by atoms with van der Waals surface area (Å²) in [6.45, 7) is 2.27. The average molecular weight is 450 g/mol. The molecule has 3 rings (SSSR count). The van der Waals surface area contributed by atoms with Crippen LogP contribution in [0.4, 0.5) is 0 Å². The van der Waals surface area contributed by atoms with Crippen LogP contribution >= 0.6 is 23.2 Å². The van der Waals surface area contributed by atoms with Gasteiger partial charge < -0.3 is 19.5 Å². The lowest BCUT2D eigenvalue weighted by Gasteiger charge is -2.25. The van der Waals surface area contributed by atoms with E-state index in [0.717, 1.165) is 0 Å². The van der Waals surface area contributed by atoms with Gasteiger partial charge in [0.05, 0.1) is 36.4 Å². The topological polar surface area (TPSA) is 76.1 Å². The van der Waals surface area contributed by atoms with Gasteiger partial charge in [-0.25, -0.2) is 0 Å². The van der Waals surface area contributed by atoms with Crippen molar-refractivity contribution < 1.29 is 24.2 Å². The van der Waals surface area contributed by atoms with Crippen molar-refractivity contribution >= 4 is 40.7 Å². The molecule has 1 N–H and O–H groups in total. The molecule has 2 aromatic rings. The molecule has 8 heteroatoms. The summed E-state index contributed by atoms with van der Waals surface area (Å²) in [5.74, 6) is -1.59. The Kier molecular flexibility index (Phi) is 6.58. The van der Waals surface area contributed by atoms with Gasteiger partial charge in [-0.1, -0.05) is 60.5 Å². The van der Waals surface area contributed by atoms with Crippen molar-refractivity contribution in [3.05, 3.63) is 63.1 Å². The highest BCUT2D eigenvalue weighted by molar-refractivity contribution is 6.47. The average Bonchev–Trinajstić information content (AvgIpc) is 2.99. The van der Waals surface area contributed by atoms with Gasteiger partial charge in [0.2, 0.25) is 0 Å². The SMILES string of the molecule is CCCN1C(=O)C(=O)/C(=C(/O)c2cc(Cl)c(OC)c(Cl)c2OC)C1c1ccccc1. The minimum atomic E-state index is -0.778. The van der Waals surface area contributed by atoms with E-state index in [1.165, 1.54) is 25.2 Å². The van der Waals surface area contributed by atoms with Gasteiger partial charge in [0, 0.05) is 6.54 Å². The Labute approximate surface area is 184 Å². The van der Waals surface area contributed by atoms with Gasteiger partial charge in [0.1, 0.15) is 10.8 Å². The number of ether oxygens (including phenoxy) is 2. The zero-order valence-electron chi connectivity index (χ0n) is 16.7. The number of likely N-dealkylation sites (tertiary alicyclic amines) is 1. The lowest BCUT2D eigenvalue weighted by molar-refractivity contribution is -0.139. The molecule has 30 heavy (non-hydrogen) atoms. The number of hydrogen-bond donors (Lipinski definition) is 1. The van der Waals surface area contributed by atoms with Gasteiger partial charge in [-0.05, 0) is 18.1 Å². The Morgan fingerprint density at radius 3 is 2.30 bits per heavy atom. The molecule has 1 atom stereocenters. The molecule has 1 aliphatic rings. The van der Waals surface area contributed by atoms with Crippen molar-refractivity contribution in [3.8, 4) is 11.5 Å². The number of aliphatic hydroxyl groups excluding tert-OH is 1. The summed E-state index contributed by atoms with van der Waals surface area (Å²) < 4.78 is 10.5. The van der Waals surface area contributed by atoms with E-state index < -0.39 is 23.5 Å². The maximum Gasteiger partial charge on any atom is 0.295 e. The summed E-state index contributed by atoms with van der Waals surface area (Å²) in [4.78, 5) is 27.1. The monoisotopic (exact) mass is 449 g/mol. The van der Waals surface area contributed by atoms with E-state index in [1.54, 1.807) is 12.1 Å². The molecule has 6 nitrogen and oxygen atoms in total. The first-order valence-corrected chi connectivity index (χ1v) is 10.1. The predicted molar refractivity (Wildman–Crippen MR) is 115 cm³/mol. The van der Waals surface area contributed by atoms with E-state index in [4.69, 9.17) is 32.7 Å². The van der Waals surface area contributed by atoms with Gasteiger partial charge >= 0.3 is 0 Å². The van der Waals surface area contributed by atoms with E-state index in [1.807, 2.05) is 25.1 Å². The minimum Gasteiger partial charge on any atom is -0.507 e. The van der Waals surface area contributed by atoms with Gasteiger partial charge in [0.25, 0.3) is 11.7 Å². The number of methoxy groups -OCH3 is 2. The fourth-order valence-electron chi connectivity index (χ4n) is 3.63. The Hall–Kier alpha value is -2.70.